The summed E-state index contributed by atoms with van der Waals surface area (Å²) in [7, 11) is 0. The molecule has 0 aliphatic carbocycles. The second-order valence-corrected chi connectivity index (χ2v) is 5.12. The molecule has 2 aromatic rings. The molecule has 1 aliphatic heterocycles. The number of hydrogen-bond donors (Lipinski definition) is 1. The van der Waals surface area contributed by atoms with Crippen LogP contribution in [0.25, 0.3) is 10.7 Å². The van der Waals surface area contributed by atoms with Crippen LogP contribution in [-0.4, -0.2) is 16.5 Å². The van der Waals surface area contributed by atoms with Gasteiger partial charge in [-0.05, 0) is 17.9 Å². The maximum Gasteiger partial charge on any atom is 0.169 e. The monoisotopic (exact) mass is 245 g/mol. The second kappa shape index (κ2) is 4.55. The Hall–Kier alpha value is -1.26. The maximum atomic E-state index is 4.72. The van der Waals surface area contributed by atoms with Crippen LogP contribution < -0.4 is 5.32 Å². The average Bonchev–Trinajstić information content (AvgIpc) is 2.91. The van der Waals surface area contributed by atoms with Crippen molar-refractivity contribution >= 4 is 11.3 Å². The quantitative estimate of drug-likeness (QED) is 0.883. The Labute approximate surface area is 105 Å². The smallest absolute Gasteiger partial charge is 0.169 e. The van der Waals surface area contributed by atoms with E-state index >= 15 is 0 Å². The SMILES string of the molecule is CCc1nc(-c2cccs2)nc2c1CNCC2. The summed E-state index contributed by atoms with van der Waals surface area (Å²) in [5.74, 6) is 0.900. The van der Waals surface area contributed by atoms with Gasteiger partial charge < -0.3 is 5.32 Å². The fraction of sp³-hybridized carbons (Fsp3) is 0.385. The summed E-state index contributed by atoms with van der Waals surface area (Å²) in [6.07, 6.45) is 1.99. The van der Waals surface area contributed by atoms with E-state index in [0.29, 0.717) is 0 Å². The molecular formula is C13H15N3S. The summed E-state index contributed by atoms with van der Waals surface area (Å²) in [4.78, 5) is 10.6. The van der Waals surface area contributed by atoms with Crippen molar-refractivity contribution < 1.29 is 0 Å². The van der Waals surface area contributed by atoms with E-state index in [1.165, 1.54) is 21.8 Å². The zero-order chi connectivity index (χ0) is 11.7. The van der Waals surface area contributed by atoms with Crippen molar-refractivity contribution in [1.29, 1.82) is 0 Å². The molecule has 0 bridgehead atoms. The molecule has 1 aliphatic rings. The molecule has 2 aromatic heterocycles. The molecule has 0 radical (unpaired) electrons. The maximum absolute atomic E-state index is 4.72. The number of nitrogens with one attached hydrogen (secondary N) is 1. The van der Waals surface area contributed by atoms with Gasteiger partial charge in [-0.2, -0.15) is 0 Å². The third-order valence-electron chi connectivity index (χ3n) is 3.10. The number of aromatic nitrogens is 2. The van der Waals surface area contributed by atoms with Gasteiger partial charge in [0.1, 0.15) is 0 Å². The predicted molar refractivity (Wildman–Crippen MR) is 70.1 cm³/mol. The topological polar surface area (TPSA) is 37.8 Å². The zero-order valence-corrected chi connectivity index (χ0v) is 10.7. The van der Waals surface area contributed by atoms with Gasteiger partial charge in [-0.3, -0.25) is 0 Å². The van der Waals surface area contributed by atoms with Crippen LogP contribution in [0.5, 0.6) is 0 Å². The first-order valence-electron chi connectivity index (χ1n) is 6.01. The van der Waals surface area contributed by atoms with Gasteiger partial charge in [0, 0.05) is 30.8 Å². The lowest BCUT2D eigenvalue weighted by atomic mass is 10.0. The lowest BCUT2D eigenvalue weighted by molar-refractivity contribution is 0.618. The van der Waals surface area contributed by atoms with Crippen molar-refractivity contribution in [2.75, 3.05) is 6.54 Å². The molecule has 0 atom stereocenters. The summed E-state index contributed by atoms with van der Waals surface area (Å²) < 4.78 is 0. The highest BCUT2D eigenvalue weighted by molar-refractivity contribution is 7.13. The predicted octanol–water partition coefficient (Wildman–Crippen LogP) is 2.41. The molecule has 0 amide bonds. The molecule has 3 rings (SSSR count). The van der Waals surface area contributed by atoms with E-state index in [-0.39, 0.29) is 0 Å². The Morgan fingerprint density at radius 2 is 2.35 bits per heavy atom. The van der Waals surface area contributed by atoms with E-state index in [4.69, 9.17) is 9.97 Å². The summed E-state index contributed by atoms with van der Waals surface area (Å²) in [6.45, 7) is 4.11. The van der Waals surface area contributed by atoms with Crippen molar-refractivity contribution in [2.45, 2.75) is 26.3 Å². The molecule has 0 spiro atoms. The normalized spacial score (nSPS) is 14.6. The molecule has 3 nitrogen and oxygen atoms in total. The van der Waals surface area contributed by atoms with Gasteiger partial charge in [-0.25, -0.2) is 9.97 Å². The molecule has 0 saturated carbocycles. The van der Waals surface area contributed by atoms with E-state index in [0.717, 1.165) is 31.8 Å². The molecule has 88 valence electrons. The lowest BCUT2D eigenvalue weighted by Crippen LogP contribution is -2.26. The largest absolute Gasteiger partial charge is 0.312 e. The van der Waals surface area contributed by atoms with Crippen LogP contribution in [0.2, 0.25) is 0 Å². The van der Waals surface area contributed by atoms with Gasteiger partial charge in [-0.1, -0.05) is 13.0 Å². The molecule has 17 heavy (non-hydrogen) atoms. The molecule has 3 heterocycles. The van der Waals surface area contributed by atoms with E-state index in [1.807, 2.05) is 0 Å². The van der Waals surface area contributed by atoms with Gasteiger partial charge in [-0.15, -0.1) is 11.3 Å². The zero-order valence-electron chi connectivity index (χ0n) is 9.86. The Balaban J connectivity index is 2.12. The average molecular weight is 245 g/mol. The van der Waals surface area contributed by atoms with E-state index in [1.54, 1.807) is 11.3 Å². The van der Waals surface area contributed by atoms with Crippen molar-refractivity contribution in [1.82, 2.24) is 15.3 Å². The highest BCUT2D eigenvalue weighted by Gasteiger charge is 2.17. The minimum absolute atomic E-state index is 0.900. The Morgan fingerprint density at radius 1 is 1.41 bits per heavy atom. The summed E-state index contributed by atoms with van der Waals surface area (Å²) in [5, 5.41) is 5.47. The van der Waals surface area contributed by atoms with Crippen LogP contribution in [0.3, 0.4) is 0 Å². The van der Waals surface area contributed by atoms with Crippen LogP contribution in [0.4, 0.5) is 0 Å². The van der Waals surface area contributed by atoms with Gasteiger partial charge >= 0.3 is 0 Å². The fourth-order valence-electron chi connectivity index (χ4n) is 2.22. The first-order valence-corrected chi connectivity index (χ1v) is 6.89. The van der Waals surface area contributed by atoms with Gasteiger partial charge in [0.05, 0.1) is 10.6 Å². The van der Waals surface area contributed by atoms with Crippen LogP contribution in [0.1, 0.15) is 23.9 Å². The third kappa shape index (κ3) is 1.98. The molecule has 0 saturated heterocycles. The Morgan fingerprint density at radius 3 is 3.12 bits per heavy atom. The minimum Gasteiger partial charge on any atom is -0.312 e. The lowest BCUT2D eigenvalue weighted by Gasteiger charge is -2.19. The Kier molecular flexibility index (Phi) is 2.91. The number of rotatable bonds is 2. The Bertz CT molecular complexity index is 502. The van der Waals surface area contributed by atoms with E-state index < -0.39 is 0 Å². The first-order chi connectivity index (χ1) is 8.38. The number of thiophene rings is 1. The van der Waals surface area contributed by atoms with E-state index in [2.05, 4.69) is 29.8 Å². The summed E-state index contributed by atoms with van der Waals surface area (Å²) >= 11 is 1.71. The van der Waals surface area contributed by atoms with E-state index in [9.17, 15) is 0 Å². The molecule has 1 N–H and O–H groups in total. The molecule has 0 fully saturated rings. The van der Waals surface area contributed by atoms with Crippen molar-refractivity contribution in [2.24, 2.45) is 0 Å². The highest BCUT2D eigenvalue weighted by atomic mass is 32.1. The summed E-state index contributed by atoms with van der Waals surface area (Å²) in [6, 6.07) is 4.14. The van der Waals surface area contributed by atoms with Crippen molar-refractivity contribution in [3.63, 3.8) is 0 Å². The van der Waals surface area contributed by atoms with Gasteiger partial charge in [0.15, 0.2) is 5.82 Å². The number of hydrogen-bond acceptors (Lipinski definition) is 4. The third-order valence-corrected chi connectivity index (χ3v) is 3.96. The van der Waals surface area contributed by atoms with Gasteiger partial charge in [0.25, 0.3) is 0 Å². The van der Waals surface area contributed by atoms with Crippen LogP contribution in [0.15, 0.2) is 17.5 Å². The number of nitrogens with zero attached hydrogens (tertiary/aromatic N) is 2. The first kappa shape index (κ1) is 10.9. The standard InChI is InChI=1S/C13H15N3S/c1-2-10-9-8-14-6-5-11(9)16-13(15-10)12-4-3-7-17-12/h3-4,7,14H,2,5-6,8H2,1H3. The molecule has 0 aromatic carbocycles. The number of aryl methyl sites for hydroxylation is 1. The highest BCUT2D eigenvalue weighted by Crippen LogP contribution is 2.25. The molecule has 0 unspecified atom stereocenters. The van der Waals surface area contributed by atoms with Crippen molar-refractivity contribution in [3.05, 3.63) is 34.5 Å². The summed E-state index contributed by atoms with van der Waals surface area (Å²) in [5.41, 5.74) is 3.75. The van der Waals surface area contributed by atoms with Crippen molar-refractivity contribution in [3.8, 4) is 10.7 Å². The molecular weight excluding hydrogens is 230 g/mol. The van der Waals surface area contributed by atoms with Crippen LogP contribution in [0, 0.1) is 0 Å². The molecule has 4 heteroatoms. The number of fused-ring (bicyclic) bond motifs is 1. The van der Waals surface area contributed by atoms with Gasteiger partial charge in [0.2, 0.25) is 0 Å². The fourth-order valence-corrected chi connectivity index (χ4v) is 2.88. The second-order valence-electron chi connectivity index (χ2n) is 4.18. The van der Waals surface area contributed by atoms with Crippen LogP contribution >= 0.6 is 11.3 Å². The minimum atomic E-state index is 0.900. The van der Waals surface area contributed by atoms with Crippen LogP contribution in [-0.2, 0) is 19.4 Å².